The number of alkyl carbamates (subject to hydrolysis) is 1. The summed E-state index contributed by atoms with van der Waals surface area (Å²) in [5.41, 5.74) is 10.8. The number of aryl methyl sites for hydroxylation is 2. The molecule has 9 aromatic rings. The van der Waals surface area contributed by atoms with E-state index in [1.165, 1.54) is 0 Å². The monoisotopic (exact) mass is 1080 g/mol. The third-order valence-corrected chi connectivity index (χ3v) is 15.0. The molecule has 0 heterocycles. The molecule has 3 N–H and O–H groups in total. The van der Waals surface area contributed by atoms with Crippen molar-refractivity contribution in [2.75, 3.05) is 27.4 Å². The standard InChI is InChI=1S/C70H65N3O8/c1-46-29-33-49(34-30-46)66(50-35-31-47(2)32-36-50)71-64(74)45-79-55-39-37-51(38-40-55)67(61-42-41-56(77-4)43-63(61)78-5)72-68(75)65(73-69(76)80-44-62-59-27-17-15-25-57(59)58-26-16-18-28-60(58)62)48(3)81-70(52-19-9-6-10-20-52,53-21-11-7-12-22-53)54-23-13-8-14-24-54/h6-43,48,62,65-67H,44-45H2,1-5H3,(H,71,74)(H,72,75)(H,73,76)/t48-,65+,67?/m1/s1. The lowest BCUT2D eigenvalue weighted by atomic mass is 9.79. The first-order chi connectivity index (χ1) is 39.5. The summed E-state index contributed by atoms with van der Waals surface area (Å²) >= 11 is 0. The van der Waals surface area contributed by atoms with Crippen LogP contribution in [0.5, 0.6) is 17.2 Å². The first-order valence-corrected chi connectivity index (χ1v) is 27.2. The van der Waals surface area contributed by atoms with Crippen LogP contribution in [0.4, 0.5) is 4.79 Å². The van der Waals surface area contributed by atoms with Gasteiger partial charge in [-0.05, 0) is 101 Å². The predicted octanol–water partition coefficient (Wildman–Crippen LogP) is 13.1. The maximum absolute atomic E-state index is 15.7. The van der Waals surface area contributed by atoms with E-state index in [0.717, 1.165) is 61.2 Å². The van der Waals surface area contributed by atoms with Gasteiger partial charge in [0, 0.05) is 17.5 Å². The van der Waals surface area contributed by atoms with E-state index in [2.05, 4.69) is 40.2 Å². The largest absolute Gasteiger partial charge is 0.497 e. The minimum Gasteiger partial charge on any atom is -0.497 e. The van der Waals surface area contributed by atoms with Gasteiger partial charge in [-0.1, -0.05) is 211 Å². The van der Waals surface area contributed by atoms with Crippen molar-refractivity contribution in [3.8, 4) is 28.4 Å². The van der Waals surface area contributed by atoms with Crippen LogP contribution < -0.4 is 30.2 Å². The number of hydrogen-bond acceptors (Lipinski definition) is 8. The second-order valence-electron chi connectivity index (χ2n) is 20.3. The molecule has 0 saturated carbocycles. The molecule has 10 rings (SSSR count). The maximum Gasteiger partial charge on any atom is 0.407 e. The lowest BCUT2D eigenvalue weighted by Crippen LogP contribution is -2.55. The topological polar surface area (TPSA) is 133 Å². The average Bonchev–Trinajstić information content (AvgIpc) is 3.97. The van der Waals surface area contributed by atoms with E-state index in [0.29, 0.717) is 28.4 Å². The fourth-order valence-electron chi connectivity index (χ4n) is 10.8. The minimum absolute atomic E-state index is 0.0211. The molecule has 1 aliphatic carbocycles. The van der Waals surface area contributed by atoms with Crippen molar-refractivity contribution in [3.05, 3.63) is 292 Å². The van der Waals surface area contributed by atoms with Crippen molar-refractivity contribution in [1.29, 1.82) is 0 Å². The third kappa shape index (κ3) is 12.2. The highest BCUT2D eigenvalue weighted by Gasteiger charge is 2.43. The smallest absolute Gasteiger partial charge is 0.407 e. The van der Waals surface area contributed by atoms with Gasteiger partial charge in [0.1, 0.15) is 35.5 Å². The van der Waals surface area contributed by atoms with Gasteiger partial charge in [0.15, 0.2) is 6.61 Å². The Bertz CT molecular complexity index is 3390. The zero-order chi connectivity index (χ0) is 56.3. The van der Waals surface area contributed by atoms with Gasteiger partial charge >= 0.3 is 6.09 Å². The predicted molar refractivity (Wildman–Crippen MR) is 316 cm³/mol. The zero-order valence-electron chi connectivity index (χ0n) is 46.0. The van der Waals surface area contributed by atoms with Gasteiger partial charge in [0.2, 0.25) is 5.91 Å². The minimum atomic E-state index is -1.35. The summed E-state index contributed by atoms with van der Waals surface area (Å²) in [6.07, 6.45) is -1.83. The number of hydrogen-bond donors (Lipinski definition) is 3. The third-order valence-electron chi connectivity index (χ3n) is 15.0. The molecule has 11 heteroatoms. The van der Waals surface area contributed by atoms with Crippen LogP contribution in [0.1, 0.15) is 86.1 Å². The molecule has 1 unspecified atom stereocenters. The van der Waals surface area contributed by atoms with Crippen LogP contribution >= 0.6 is 0 Å². The molecule has 3 amide bonds. The summed E-state index contributed by atoms with van der Waals surface area (Å²) in [6, 6.07) is 71.9. The van der Waals surface area contributed by atoms with Gasteiger partial charge in [-0.3, -0.25) is 9.59 Å². The van der Waals surface area contributed by atoms with Gasteiger partial charge in [0.25, 0.3) is 5.91 Å². The molecule has 81 heavy (non-hydrogen) atoms. The number of fused-ring (bicyclic) bond motifs is 3. The van der Waals surface area contributed by atoms with Crippen molar-refractivity contribution in [2.45, 2.75) is 56.5 Å². The number of rotatable bonds is 21. The number of benzene rings is 9. The molecule has 11 nitrogen and oxygen atoms in total. The number of carbonyl (C=O) groups is 3. The van der Waals surface area contributed by atoms with E-state index in [9.17, 15) is 9.59 Å². The van der Waals surface area contributed by atoms with Crippen LogP contribution in [0.3, 0.4) is 0 Å². The van der Waals surface area contributed by atoms with Crippen LogP contribution in [0.2, 0.25) is 0 Å². The highest BCUT2D eigenvalue weighted by Crippen LogP contribution is 2.45. The summed E-state index contributed by atoms with van der Waals surface area (Å²) in [4.78, 5) is 43.9. The number of ether oxygens (including phenoxy) is 5. The van der Waals surface area contributed by atoms with Crippen LogP contribution in [-0.4, -0.2) is 57.5 Å². The second kappa shape index (κ2) is 25.1. The lowest BCUT2D eigenvalue weighted by molar-refractivity contribution is -0.130. The normalized spacial score (nSPS) is 13.0. The molecular weight excluding hydrogens is 1010 g/mol. The Labute approximate surface area is 473 Å². The molecule has 0 bridgehead atoms. The molecule has 1 aliphatic rings. The molecule has 0 fully saturated rings. The van der Waals surface area contributed by atoms with Gasteiger partial charge in [-0.2, -0.15) is 0 Å². The van der Waals surface area contributed by atoms with Crippen LogP contribution in [0.15, 0.2) is 231 Å². The summed E-state index contributed by atoms with van der Waals surface area (Å²) in [5.74, 6) is 0.309. The second-order valence-corrected chi connectivity index (χ2v) is 20.3. The molecule has 408 valence electrons. The molecule has 3 atom stereocenters. The Hall–Kier alpha value is -9.45. The molecule has 9 aromatic carbocycles. The first kappa shape index (κ1) is 54.9. The fraction of sp³-hybridized carbons (Fsp3) is 0.186. The molecular formula is C70H65N3O8. The summed E-state index contributed by atoms with van der Waals surface area (Å²) in [7, 11) is 3.12. The van der Waals surface area contributed by atoms with Crippen LogP contribution in [0.25, 0.3) is 11.1 Å². The molecule has 0 aromatic heterocycles. The Morgan fingerprint density at radius 3 is 1.48 bits per heavy atom. The summed E-state index contributed by atoms with van der Waals surface area (Å²) in [6.45, 7) is 5.61. The molecule has 0 aliphatic heterocycles. The summed E-state index contributed by atoms with van der Waals surface area (Å²) < 4.78 is 31.3. The van der Waals surface area contributed by atoms with Crippen molar-refractivity contribution in [1.82, 2.24) is 16.0 Å². The van der Waals surface area contributed by atoms with E-state index in [4.69, 9.17) is 23.7 Å². The Balaban J connectivity index is 0.965. The van der Waals surface area contributed by atoms with Crippen molar-refractivity contribution >= 4 is 17.9 Å². The van der Waals surface area contributed by atoms with Crippen LogP contribution in [-0.2, 0) is 24.7 Å². The van der Waals surface area contributed by atoms with E-state index in [-0.39, 0.29) is 25.0 Å². The first-order valence-electron chi connectivity index (χ1n) is 27.2. The highest BCUT2D eigenvalue weighted by atomic mass is 16.6. The average molecular weight is 1080 g/mol. The summed E-state index contributed by atoms with van der Waals surface area (Å²) in [5, 5.41) is 9.45. The Kier molecular flexibility index (Phi) is 17.0. The quantitative estimate of drug-likeness (QED) is 0.0606. The van der Waals surface area contributed by atoms with Crippen molar-refractivity contribution < 1.29 is 38.1 Å². The number of nitrogens with one attached hydrogen (secondary N) is 3. The van der Waals surface area contributed by atoms with Gasteiger partial charge in [-0.15, -0.1) is 0 Å². The van der Waals surface area contributed by atoms with E-state index in [1.54, 1.807) is 45.4 Å². The number of carbonyl (C=O) groups excluding carboxylic acids is 3. The van der Waals surface area contributed by atoms with E-state index in [1.807, 2.05) is 196 Å². The highest BCUT2D eigenvalue weighted by molar-refractivity contribution is 5.87. The van der Waals surface area contributed by atoms with Gasteiger partial charge < -0.3 is 39.6 Å². The van der Waals surface area contributed by atoms with E-state index < -0.39 is 41.8 Å². The lowest BCUT2D eigenvalue weighted by Gasteiger charge is -2.40. The molecule has 0 radical (unpaired) electrons. The van der Waals surface area contributed by atoms with Gasteiger partial charge in [-0.25, -0.2) is 4.79 Å². The molecule has 0 saturated heterocycles. The SMILES string of the molecule is COc1ccc(C(NC(=O)[C@@H](NC(=O)OCC2c3ccccc3-c3ccccc32)[C@@H](C)OC(c2ccccc2)(c2ccccc2)c2ccccc2)c2ccc(OCC(=O)NC(c3ccc(C)cc3)c3ccc(C)cc3)cc2)c(OC)c1. The van der Waals surface area contributed by atoms with Crippen molar-refractivity contribution in [2.24, 2.45) is 0 Å². The fourth-order valence-corrected chi connectivity index (χ4v) is 10.8. The van der Waals surface area contributed by atoms with E-state index >= 15 is 4.79 Å². The number of methoxy groups -OCH3 is 2. The Morgan fingerprint density at radius 1 is 0.506 bits per heavy atom. The molecule has 0 spiro atoms. The van der Waals surface area contributed by atoms with Gasteiger partial charge in [0.05, 0.1) is 32.4 Å². The zero-order valence-corrected chi connectivity index (χ0v) is 46.0. The maximum atomic E-state index is 15.7. The number of amides is 3. The van der Waals surface area contributed by atoms with Crippen molar-refractivity contribution in [3.63, 3.8) is 0 Å². The Morgan fingerprint density at radius 2 is 0.975 bits per heavy atom. The van der Waals surface area contributed by atoms with Crippen LogP contribution in [0, 0.1) is 13.8 Å².